The van der Waals surface area contributed by atoms with Crippen molar-refractivity contribution in [2.45, 2.75) is 0 Å². The Kier molecular flexibility index (Phi) is 6.14. The van der Waals surface area contributed by atoms with Crippen molar-refractivity contribution >= 4 is 29.2 Å². The summed E-state index contributed by atoms with van der Waals surface area (Å²) in [7, 11) is -2.51. The maximum atomic E-state index is 2.59. The van der Waals surface area contributed by atoms with Crippen LogP contribution in [-0.2, 0) is 0 Å². The summed E-state index contributed by atoms with van der Waals surface area (Å²) in [4.78, 5) is 0. The van der Waals surface area contributed by atoms with Crippen LogP contribution in [0, 0.1) is 0 Å². The van der Waals surface area contributed by atoms with Gasteiger partial charge < -0.3 is 0 Å². The van der Waals surface area contributed by atoms with Crippen LogP contribution < -0.4 is 15.6 Å². The maximum absolute atomic E-state index is 2.59. The lowest BCUT2D eigenvalue weighted by Gasteiger charge is -2.32. The zero-order valence-corrected chi connectivity index (χ0v) is 19.5. The first kappa shape index (κ1) is 20.9. The lowest BCUT2D eigenvalue weighted by atomic mass is 10.00. The fourth-order valence-corrected chi connectivity index (χ4v) is 9.06. The van der Waals surface area contributed by atoms with Gasteiger partial charge in [0, 0.05) is 0 Å². The molecular weight excluding hydrogens is 412 g/mol. The Bertz CT molecular complexity index is 1170. The lowest BCUT2D eigenvalue weighted by Crippen LogP contribution is -2.66. The van der Waals surface area contributed by atoms with Gasteiger partial charge >= 0.3 is 0 Å². The molecule has 5 aromatic rings. The van der Waals surface area contributed by atoms with Crippen molar-refractivity contribution in [2.24, 2.45) is 0 Å². The summed E-state index contributed by atoms with van der Waals surface area (Å²) in [6, 6.07) is 54.7. The molecule has 0 saturated heterocycles. The highest BCUT2D eigenvalue weighted by Gasteiger charge is 2.38. The Morgan fingerprint density at radius 2 is 0.636 bits per heavy atom. The number of hydrogen-bond acceptors (Lipinski definition) is 0. The van der Waals surface area contributed by atoms with Crippen molar-refractivity contribution in [3.63, 3.8) is 0 Å². The van der Waals surface area contributed by atoms with E-state index in [0.717, 1.165) is 0 Å². The number of hydrogen-bond donors (Lipinski definition) is 0. The standard InChI is InChI=1S/C32H26Si/c1-6-16-27(17-7-1)32(28-18-8-2-9-19-28)26-33(29-20-10-3-11-21-29,30-22-12-4-13-23-30)31-24-14-5-15-25-31/h1-26H. The SMILES string of the molecule is C(=C(c1ccccc1)c1ccccc1)[Si](c1ccccc1)(c1ccccc1)c1ccccc1. The zero-order valence-electron chi connectivity index (χ0n) is 18.5. The first-order valence-electron chi connectivity index (χ1n) is 11.4. The molecule has 0 N–H and O–H groups in total. The molecule has 0 aliphatic rings. The molecule has 5 aromatic carbocycles. The average Bonchev–Trinajstić information content (AvgIpc) is 2.92. The fourth-order valence-electron chi connectivity index (χ4n) is 4.64. The Balaban J connectivity index is 1.90. The van der Waals surface area contributed by atoms with Gasteiger partial charge in [0.05, 0.1) is 0 Å². The van der Waals surface area contributed by atoms with Crippen molar-refractivity contribution in [1.82, 2.24) is 0 Å². The fraction of sp³-hybridized carbons (Fsp3) is 0. The molecule has 0 amide bonds. The van der Waals surface area contributed by atoms with Gasteiger partial charge in [-0.3, -0.25) is 0 Å². The zero-order chi connectivity index (χ0) is 22.3. The van der Waals surface area contributed by atoms with E-state index in [1.165, 1.54) is 32.3 Å². The Morgan fingerprint density at radius 3 is 0.939 bits per heavy atom. The van der Waals surface area contributed by atoms with Crippen LogP contribution in [0.2, 0.25) is 0 Å². The molecule has 0 radical (unpaired) electrons. The first-order chi connectivity index (χ1) is 16.4. The van der Waals surface area contributed by atoms with E-state index in [4.69, 9.17) is 0 Å². The molecule has 158 valence electrons. The normalized spacial score (nSPS) is 11.0. The minimum atomic E-state index is -2.51. The second-order valence-corrected chi connectivity index (χ2v) is 11.8. The van der Waals surface area contributed by atoms with Gasteiger partial charge in [0.25, 0.3) is 0 Å². The van der Waals surface area contributed by atoms with Gasteiger partial charge in [0.1, 0.15) is 0 Å². The minimum absolute atomic E-state index is 1.24. The van der Waals surface area contributed by atoms with Crippen LogP contribution in [0.4, 0.5) is 0 Å². The highest BCUT2D eigenvalue weighted by Crippen LogP contribution is 2.26. The van der Waals surface area contributed by atoms with Gasteiger partial charge in [0.2, 0.25) is 0 Å². The van der Waals surface area contributed by atoms with E-state index in [0.29, 0.717) is 0 Å². The van der Waals surface area contributed by atoms with Crippen molar-refractivity contribution in [3.05, 3.63) is 168 Å². The van der Waals surface area contributed by atoms with Crippen LogP contribution >= 0.6 is 0 Å². The van der Waals surface area contributed by atoms with E-state index in [-0.39, 0.29) is 0 Å². The third-order valence-corrected chi connectivity index (χ3v) is 10.7. The molecular formula is C32H26Si. The van der Waals surface area contributed by atoms with Gasteiger partial charge in [-0.2, -0.15) is 0 Å². The third-order valence-electron chi connectivity index (χ3n) is 6.22. The highest BCUT2D eigenvalue weighted by molar-refractivity contribution is 7.15. The van der Waals surface area contributed by atoms with E-state index in [1.54, 1.807) is 0 Å². The summed E-state index contributed by atoms with van der Waals surface area (Å²) in [6.45, 7) is 0. The topological polar surface area (TPSA) is 0 Å². The summed E-state index contributed by atoms with van der Waals surface area (Å²) in [5.74, 6) is 0. The van der Waals surface area contributed by atoms with Crippen molar-refractivity contribution < 1.29 is 0 Å². The molecule has 33 heavy (non-hydrogen) atoms. The average molecular weight is 439 g/mol. The van der Waals surface area contributed by atoms with Crippen LogP contribution in [-0.4, -0.2) is 8.07 Å². The monoisotopic (exact) mass is 438 g/mol. The van der Waals surface area contributed by atoms with E-state index in [2.05, 4.69) is 157 Å². The van der Waals surface area contributed by atoms with Crippen molar-refractivity contribution in [1.29, 1.82) is 0 Å². The summed E-state index contributed by atoms with van der Waals surface area (Å²) >= 11 is 0. The molecule has 0 unspecified atom stereocenters. The Hall–Kier alpha value is -3.94. The smallest absolute Gasteiger partial charge is 0.0733 e. The molecule has 0 spiro atoms. The molecule has 0 fully saturated rings. The molecule has 0 bridgehead atoms. The number of benzene rings is 5. The molecule has 5 rings (SSSR count). The largest absolute Gasteiger partial charge is 0.173 e. The summed E-state index contributed by atoms with van der Waals surface area (Å²) < 4.78 is 0. The molecule has 0 heterocycles. The van der Waals surface area contributed by atoms with E-state index < -0.39 is 8.07 Å². The second-order valence-electron chi connectivity index (χ2n) is 8.20. The summed E-state index contributed by atoms with van der Waals surface area (Å²) in [5, 5.41) is 4.14. The highest BCUT2D eigenvalue weighted by atomic mass is 28.3. The maximum Gasteiger partial charge on any atom is 0.173 e. The van der Waals surface area contributed by atoms with Gasteiger partial charge in [-0.05, 0) is 32.3 Å². The van der Waals surface area contributed by atoms with E-state index >= 15 is 0 Å². The van der Waals surface area contributed by atoms with Gasteiger partial charge in [-0.15, -0.1) is 0 Å². The van der Waals surface area contributed by atoms with Gasteiger partial charge in [-0.25, -0.2) is 0 Å². The van der Waals surface area contributed by atoms with E-state index in [9.17, 15) is 0 Å². The van der Waals surface area contributed by atoms with Crippen LogP contribution in [0.3, 0.4) is 0 Å². The lowest BCUT2D eigenvalue weighted by molar-refractivity contribution is 1.55. The first-order valence-corrected chi connectivity index (χ1v) is 13.5. The second kappa shape index (κ2) is 9.68. The van der Waals surface area contributed by atoms with Crippen molar-refractivity contribution in [2.75, 3.05) is 0 Å². The van der Waals surface area contributed by atoms with Crippen LogP contribution in [0.5, 0.6) is 0 Å². The summed E-state index contributed by atoms with van der Waals surface area (Å²) in [5.41, 5.74) is 6.35. The molecule has 0 nitrogen and oxygen atoms in total. The molecule has 0 aliphatic carbocycles. The van der Waals surface area contributed by atoms with Gasteiger partial charge in [0.15, 0.2) is 8.07 Å². The molecule has 1 heteroatoms. The molecule has 0 aromatic heterocycles. The van der Waals surface area contributed by atoms with E-state index in [1.807, 2.05) is 0 Å². The quantitative estimate of drug-likeness (QED) is 0.231. The molecule has 0 saturated carbocycles. The van der Waals surface area contributed by atoms with Gasteiger partial charge in [-0.1, -0.05) is 157 Å². The predicted octanol–water partition coefficient (Wildman–Crippen LogP) is 5.83. The Morgan fingerprint density at radius 1 is 0.364 bits per heavy atom. The van der Waals surface area contributed by atoms with Crippen LogP contribution in [0.1, 0.15) is 11.1 Å². The number of rotatable bonds is 6. The van der Waals surface area contributed by atoms with Crippen molar-refractivity contribution in [3.8, 4) is 0 Å². The third kappa shape index (κ3) is 4.24. The summed E-state index contributed by atoms with van der Waals surface area (Å²) in [6.07, 6.45) is 0. The minimum Gasteiger partial charge on any atom is -0.0733 e. The molecule has 0 atom stereocenters. The Labute approximate surface area is 197 Å². The predicted molar refractivity (Wildman–Crippen MR) is 144 cm³/mol. The van der Waals surface area contributed by atoms with Crippen LogP contribution in [0.25, 0.3) is 5.57 Å². The molecule has 0 aliphatic heterocycles. The van der Waals surface area contributed by atoms with Crippen LogP contribution in [0.15, 0.2) is 157 Å².